The molecule has 92 valence electrons. The number of nitrogens with zero attached hydrogens (tertiary/aromatic N) is 2. The van der Waals surface area contributed by atoms with E-state index in [-0.39, 0.29) is 0 Å². The van der Waals surface area contributed by atoms with Crippen LogP contribution in [0.15, 0.2) is 6.33 Å². The van der Waals surface area contributed by atoms with Crippen LogP contribution < -0.4 is 10.6 Å². The summed E-state index contributed by atoms with van der Waals surface area (Å²) in [6.07, 6.45) is 7.76. The van der Waals surface area contributed by atoms with Gasteiger partial charge in [0.2, 0.25) is 0 Å². The summed E-state index contributed by atoms with van der Waals surface area (Å²) in [5, 5.41) is 6.90. The van der Waals surface area contributed by atoms with Crippen molar-refractivity contribution >= 4 is 5.82 Å². The van der Waals surface area contributed by atoms with Crippen molar-refractivity contribution in [3.63, 3.8) is 0 Å². The monoisotopic (exact) mass is 232 g/mol. The zero-order valence-corrected chi connectivity index (χ0v) is 10.2. The fourth-order valence-corrected chi connectivity index (χ4v) is 2.87. The van der Waals surface area contributed by atoms with Gasteiger partial charge in [-0.15, -0.1) is 0 Å². The largest absolute Gasteiger partial charge is 0.370 e. The summed E-state index contributed by atoms with van der Waals surface area (Å²) in [7, 11) is 0. The molecule has 2 heterocycles. The number of rotatable bonds is 4. The van der Waals surface area contributed by atoms with Crippen LogP contribution in [0, 0.1) is 5.92 Å². The van der Waals surface area contributed by atoms with Crippen LogP contribution in [-0.4, -0.2) is 29.6 Å². The first-order valence-electron chi connectivity index (χ1n) is 6.71. The van der Waals surface area contributed by atoms with E-state index in [2.05, 4.69) is 20.6 Å². The second-order valence-corrected chi connectivity index (χ2v) is 5.08. The van der Waals surface area contributed by atoms with Crippen molar-refractivity contribution < 1.29 is 0 Å². The average Bonchev–Trinajstić information content (AvgIpc) is 2.99. The highest BCUT2D eigenvalue weighted by molar-refractivity contribution is 5.47. The standard InChI is InChI=1S/C13H20N4/c1-2-11-12(3-1)16-9-17-13(11)15-7-5-10-4-6-14-8-10/h9-10,14H,1-8H2,(H,15,16,17). The van der Waals surface area contributed by atoms with Crippen LogP contribution in [-0.2, 0) is 12.8 Å². The van der Waals surface area contributed by atoms with Gasteiger partial charge >= 0.3 is 0 Å². The van der Waals surface area contributed by atoms with Gasteiger partial charge in [-0.2, -0.15) is 0 Å². The maximum Gasteiger partial charge on any atom is 0.132 e. The third-order valence-electron chi connectivity index (χ3n) is 3.88. The van der Waals surface area contributed by atoms with Gasteiger partial charge in [0.25, 0.3) is 0 Å². The number of nitrogens with one attached hydrogen (secondary N) is 2. The molecule has 0 saturated carbocycles. The molecule has 1 unspecified atom stereocenters. The van der Waals surface area contributed by atoms with Crippen LogP contribution >= 0.6 is 0 Å². The number of aryl methyl sites for hydroxylation is 1. The van der Waals surface area contributed by atoms with Gasteiger partial charge in [-0.25, -0.2) is 9.97 Å². The first-order chi connectivity index (χ1) is 8.43. The summed E-state index contributed by atoms with van der Waals surface area (Å²) in [6, 6.07) is 0. The summed E-state index contributed by atoms with van der Waals surface area (Å²) in [5.74, 6) is 1.93. The Hall–Kier alpha value is -1.16. The van der Waals surface area contributed by atoms with E-state index in [1.165, 1.54) is 43.6 Å². The summed E-state index contributed by atoms with van der Waals surface area (Å²) in [5.41, 5.74) is 2.61. The molecule has 4 nitrogen and oxygen atoms in total. The van der Waals surface area contributed by atoms with Crippen molar-refractivity contribution in [1.82, 2.24) is 15.3 Å². The Labute approximate surface area is 102 Å². The van der Waals surface area contributed by atoms with E-state index in [1.54, 1.807) is 6.33 Å². The molecule has 1 aromatic rings. The third-order valence-corrected chi connectivity index (χ3v) is 3.88. The van der Waals surface area contributed by atoms with Gasteiger partial charge in [-0.3, -0.25) is 0 Å². The quantitative estimate of drug-likeness (QED) is 0.823. The van der Waals surface area contributed by atoms with E-state index in [0.717, 1.165) is 31.1 Å². The molecule has 1 aromatic heterocycles. The van der Waals surface area contributed by atoms with Crippen LogP contribution in [0.4, 0.5) is 5.82 Å². The van der Waals surface area contributed by atoms with Crippen molar-refractivity contribution in [2.75, 3.05) is 25.0 Å². The first-order valence-corrected chi connectivity index (χ1v) is 6.71. The molecular weight excluding hydrogens is 212 g/mol. The normalized spacial score (nSPS) is 22.7. The summed E-state index contributed by atoms with van der Waals surface area (Å²) >= 11 is 0. The van der Waals surface area contributed by atoms with Crippen LogP contribution in [0.2, 0.25) is 0 Å². The maximum absolute atomic E-state index is 4.38. The molecule has 0 spiro atoms. The lowest BCUT2D eigenvalue weighted by Gasteiger charge is -2.12. The minimum absolute atomic E-state index is 0.845. The SMILES string of the molecule is c1nc2c(c(NCCC3CCNC3)n1)CCC2. The Morgan fingerprint density at radius 2 is 2.35 bits per heavy atom. The predicted molar refractivity (Wildman–Crippen MR) is 68.1 cm³/mol. The number of aromatic nitrogens is 2. The molecule has 4 heteroatoms. The van der Waals surface area contributed by atoms with E-state index in [4.69, 9.17) is 0 Å². The zero-order valence-electron chi connectivity index (χ0n) is 10.2. The Bertz CT molecular complexity index is 385. The summed E-state index contributed by atoms with van der Waals surface area (Å²) < 4.78 is 0. The van der Waals surface area contributed by atoms with E-state index < -0.39 is 0 Å². The predicted octanol–water partition coefficient (Wildman–Crippen LogP) is 1.38. The molecule has 1 atom stereocenters. The fraction of sp³-hybridized carbons (Fsp3) is 0.692. The smallest absolute Gasteiger partial charge is 0.132 e. The Morgan fingerprint density at radius 1 is 1.35 bits per heavy atom. The molecule has 1 saturated heterocycles. The Kier molecular flexibility index (Phi) is 3.22. The zero-order chi connectivity index (χ0) is 11.5. The molecule has 0 amide bonds. The summed E-state index contributed by atoms with van der Waals surface area (Å²) in [4.78, 5) is 8.72. The number of hydrogen-bond donors (Lipinski definition) is 2. The van der Waals surface area contributed by atoms with Crippen molar-refractivity contribution in [3.8, 4) is 0 Å². The molecule has 0 radical (unpaired) electrons. The molecule has 1 aliphatic heterocycles. The van der Waals surface area contributed by atoms with E-state index in [9.17, 15) is 0 Å². The van der Waals surface area contributed by atoms with Crippen LogP contribution in [0.1, 0.15) is 30.5 Å². The van der Waals surface area contributed by atoms with Gasteiger partial charge < -0.3 is 10.6 Å². The molecular formula is C13H20N4. The third kappa shape index (κ3) is 2.41. The molecule has 0 bridgehead atoms. The molecule has 2 aliphatic rings. The molecule has 1 fully saturated rings. The average molecular weight is 232 g/mol. The molecule has 3 rings (SSSR count). The fourth-order valence-electron chi connectivity index (χ4n) is 2.87. The van der Waals surface area contributed by atoms with Crippen molar-refractivity contribution in [1.29, 1.82) is 0 Å². The van der Waals surface area contributed by atoms with Crippen LogP contribution in [0.3, 0.4) is 0 Å². The number of hydrogen-bond acceptors (Lipinski definition) is 4. The lowest BCUT2D eigenvalue weighted by molar-refractivity contribution is 0.548. The molecule has 0 aromatic carbocycles. The number of fused-ring (bicyclic) bond motifs is 1. The van der Waals surface area contributed by atoms with Gasteiger partial charge in [0.1, 0.15) is 12.1 Å². The van der Waals surface area contributed by atoms with E-state index in [1.807, 2.05) is 0 Å². The highest BCUT2D eigenvalue weighted by Gasteiger charge is 2.17. The highest BCUT2D eigenvalue weighted by atomic mass is 15.0. The topological polar surface area (TPSA) is 49.8 Å². The number of anilines is 1. The van der Waals surface area contributed by atoms with Crippen molar-refractivity contribution in [2.24, 2.45) is 5.92 Å². The van der Waals surface area contributed by atoms with Crippen molar-refractivity contribution in [2.45, 2.75) is 32.1 Å². The second-order valence-electron chi connectivity index (χ2n) is 5.08. The van der Waals surface area contributed by atoms with Crippen LogP contribution in [0.25, 0.3) is 0 Å². The summed E-state index contributed by atoms with van der Waals surface area (Å²) in [6.45, 7) is 3.41. The molecule has 2 N–H and O–H groups in total. The van der Waals surface area contributed by atoms with Gasteiger partial charge in [-0.05, 0) is 51.1 Å². The Balaban J connectivity index is 1.56. The van der Waals surface area contributed by atoms with Crippen LogP contribution in [0.5, 0.6) is 0 Å². The lowest BCUT2D eigenvalue weighted by Crippen LogP contribution is -2.14. The Morgan fingerprint density at radius 3 is 3.24 bits per heavy atom. The minimum atomic E-state index is 0.845. The molecule has 17 heavy (non-hydrogen) atoms. The van der Waals surface area contributed by atoms with E-state index >= 15 is 0 Å². The second kappa shape index (κ2) is 5.00. The lowest BCUT2D eigenvalue weighted by atomic mass is 10.1. The highest BCUT2D eigenvalue weighted by Crippen LogP contribution is 2.25. The van der Waals surface area contributed by atoms with Crippen molar-refractivity contribution in [3.05, 3.63) is 17.6 Å². The van der Waals surface area contributed by atoms with E-state index in [0.29, 0.717) is 0 Å². The first kappa shape index (κ1) is 11.0. The van der Waals surface area contributed by atoms with Gasteiger partial charge in [0.15, 0.2) is 0 Å². The maximum atomic E-state index is 4.38. The van der Waals surface area contributed by atoms with Gasteiger partial charge in [0.05, 0.1) is 0 Å². The minimum Gasteiger partial charge on any atom is -0.370 e. The van der Waals surface area contributed by atoms with Gasteiger partial charge in [0, 0.05) is 17.8 Å². The van der Waals surface area contributed by atoms with Gasteiger partial charge in [-0.1, -0.05) is 0 Å². The molecule has 1 aliphatic carbocycles.